The summed E-state index contributed by atoms with van der Waals surface area (Å²) < 4.78 is 3.38. The first-order valence-electron chi connectivity index (χ1n) is 10.1. The number of nitrogens with zero attached hydrogens (tertiary/aromatic N) is 3. The Labute approximate surface area is 179 Å². The van der Waals surface area contributed by atoms with Gasteiger partial charge in [0.05, 0.1) is 31.1 Å². The van der Waals surface area contributed by atoms with Gasteiger partial charge < -0.3 is 5.11 Å². The van der Waals surface area contributed by atoms with E-state index in [9.17, 15) is 9.90 Å². The molecule has 152 valence electrons. The number of nitrogens with one attached hydrogen (secondary N) is 1. The van der Waals surface area contributed by atoms with Crippen molar-refractivity contribution in [2.75, 3.05) is 6.61 Å². The Morgan fingerprint density at radius 1 is 0.871 bits per heavy atom. The zero-order valence-electron chi connectivity index (χ0n) is 16.8. The van der Waals surface area contributed by atoms with Crippen molar-refractivity contribution in [1.82, 2.24) is 9.78 Å². The van der Waals surface area contributed by atoms with Gasteiger partial charge >= 0.3 is 11.4 Å². The number of hydrogen-bond acceptors (Lipinski definition) is 3. The predicted octanol–water partition coefficient (Wildman–Crippen LogP) is 3.01. The SMILES string of the molecule is O=c1c(N=C2C(c3ccccc3)=C(c3ccccc3)c3cccc[n+]32)c[nH]n1CCO. The molecule has 6 heteroatoms. The minimum absolute atomic E-state index is 0.124. The lowest BCUT2D eigenvalue weighted by atomic mass is 9.94. The van der Waals surface area contributed by atoms with Crippen LogP contribution in [0.2, 0.25) is 0 Å². The van der Waals surface area contributed by atoms with Gasteiger partial charge in [-0.05, 0) is 28.3 Å². The Kier molecular flexibility index (Phi) is 4.90. The van der Waals surface area contributed by atoms with Crippen LogP contribution in [0.15, 0.2) is 101 Å². The molecule has 31 heavy (non-hydrogen) atoms. The van der Waals surface area contributed by atoms with Crippen molar-refractivity contribution in [3.8, 4) is 0 Å². The summed E-state index contributed by atoms with van der Waals surface area (Å²) in [5.41, 5.74) is 5.18. The van der Waals surface area contributed by atoms with Crippen molar-refractivity contribution in [1.29, 1.82) is 0 Å². The minimum Gasteiger partial charge on any atom is -0.394 e. The fourth-order valence-electron chi connectivity index (χ4n) is 3.93. The van der Waals surface area contributed by atoms with E-state index in [2.05, 4.69) is 35.4 Å². The molecule has 5 rings (SSSR count). The molecule has 2 aromatic heterocycles. The van der Waals surface area contributed by atoms with Gasteiger partial charge in [0, 0.05) is 5.57 Å². The van der Waals surface area contributed by atoms with Crippen LogP contribution in [0.1, 0.15) is 16.8 Å². The number of H-pyrrole nitrogens is 1. The highest BCUT2D eigenvalue weighted by molar-refractivity contribution is 6.30. The second-order valence-corrected chi connectivity index (χ2v) is 7.21. The third-order valence-electron chi connectivity index (χ3n) is 5.31. The van der Waals surface area contributed by atoms with Crippen LogP contribution in [-0.4, -0.2) is 27.3 Å². The molecule has 0 radical (unpaired) electrons. The Balaban J connectivity index is 1.81. The average molecular weight is 409 g/mol. The highest BCUT2D eigenvalue weighted by atomic mass is 16.3. The topological polar surface area (TPSA) is 74.3 Å². The molecular formula is C25H21N4O2+. The fraction of sp³-hybridized carbons (Fsp3) is 0.0800. The lowest BCUT2D eigenvalue weighted by molar-refractivity contribution is -0.553. The van der Waals surface area contributed by atoms with Gasteiger partial charge in [0.15, 0.2) is 0 Å². The number of aliphatic imine (C=N–C) groups is 1. The summed E-state index contributed by atoms with van der Waals surface area (Å²) >= 11 is 0. The highest BCUT2D eigenvalue weighted by Gasteiger charge is 2.36. The van der Waals surface area contributed by atoms with Gasteiger partial charge in [-0.25, -0.2) is 4.68 Å². The molecule has 0 saturated carbocycles. The predicted molar refractivity (Wildman–Crippen MR) is 120 cm³/mol. The standard InChI is InChI=1S/C25H20N4O2/c30-16-15-29-25(31)20(17-26-29)27-24-23(19-11-5-2-6-12-19)22(18-9-3-1-4-10-18)21-13-7-8-14-28(21)24/h1-14,17,30H,15-16H2/p+1. The lowest BCUT2D eigenvalue weighted by Gasteiger charge is -2.05. The van der Waals surface area contributed by atoms with Crippen LogP contribution in [0, 0.1) is 0 Å². The molecule has 0 amide bonds. The Morgan fingerprint density at radius 2 is 1.52 bits per heavy atom. The van der Waals surface area contributed by atoms with Crippen LogP contribution in [0.3, 0.4) is 0 Å². The highest BCUT2D eigenvalue weighted by Crippen LogP contribution is 2.35. The van der Waals surface area contributed by atoms with E-state index in [1.54, 1.807) is 6.20 Å². The summed E-state index contributed by atoms with van der Waals surface area (Å²) in [6.45, 7) is 0.0748. The van der Waals surface area contributed by atoms with Crippen LogP contribution in [-0.2, 0) is 6.54 Å². The number of benzene rings is 2. The van der Waals surface area contributed by atoms with Gasteiger partial charge in [-0.3, -0.25) is 9.89 Å². The maximum Gasteiger partial charge on any atom is 0.337 e. The van der Waals surface area contributed by atoms with Gasteiger partial charge in [0.25, 0.3) is 5.69 Å². The Hall–Kier alpha value is -4.03. The zero-order valence-corrected chi connectivity index (χ0v) is 16.8. The second-order valence-electron chi connectivity index (χ2n) is 7.21. The molecule has 6 nitrogen and oxygen atoms in total. The van der Waals surface area contributed by atoms with Crippen LogP contribution < -0.4 is 10.1 Å². The summed E-state index contributed by atoms with van der Waals surface area (Å²) in [6, 6.07) is 26.3. The van der Waals surface area contributed by atoms with Crippen LogP contribution >= 0.6 is 0 Å². The quantitative estimate of drug-likeness (QED) is 0.497. The molecule has 0 aliphatic carbocycles. The molecule has 0 atom stereocenters. The molecule has 3 heterocycles. The average Bonchev–Trinajstić information content (AvgIpc) is 3.34. The molecule has 0 unspecified atom stereocenters. The summed E-state index contributed by atoms with van der Waals surface area (Å²) in [7, 11) is 0. The van der Waals surface area contributed by atoms with Gasteiger partial charge in [-0.15, -0.1) is 0 Å². The summed E-state index contributed by atoms with van der Waals surface area (Å²) in [5, 5.41) is 12.1. The first kappa shape index (κ1) is 19.0. The smallest absolute Gasteiger partial charge is 0.337 e. The molecule has 0 bridgehead atoms. The first-order valence-corrected chi connectivity index (χ1v) is 10.1. The van der Waals surface area contributed by atoms with Crippen molar-refractivity contribution >= 4 is 22.7 Å². The maximum atomic E-state index is 12.7. The zero-order chi connectivity index (χ0) is 21.2. The molecule has 4 aromatic rings. The second kappa shape index (κ2) is 8.01. The monoisotopic (exact) mass is 409 g/mol. The Morgan fingerprint density at radius 3 is 2.19 bits per heavy atom. The summed E-state index contributed by atoms with van der Waals surface area (Å²) in [4.78, 5) is 17.6. The number of aliphatic hydroxyl groups is 1. The van der Waals surface area contributed by atoms with Gasteiger partial charge in [0.1, 0.15) is 5.69 Å². The van der Waals surface area contributed by atoms with Crippen LogP contribution in [0.5, 0.6) is 0 Å². The third kappa shape index (κ3) is 3.33. The van der Waals surface area contributed by atoms with Crippen LogP contribution in [0.4, 0.5) is 5.69 Å². The lowest BCUT2D eigenvalue weighted by Crippen LogP contribution is -2.42. The molecule has 0 spiro atoms. The molecule has 2 N–H and O–H groups in total. The van der Waals surface area contributed by atoms with E-state index in [1.807, 2.05) is 59.3 Å². The van der Waals surface area contributed by atoms with E-state index in [4.69, 9.17) is 4.99 Å². The number of allylic oxidation sites excluding steroid dienone is 1. The van der Waals surface area contributed by atoms with Gasteiger partial charge in [-0.1, -0.05) is 66.7 Å². The maximum absolute atomic E-state index is 12.7. The fourth-order valence-corrected chi connectivity index (χ4v) is 3.93. The first-order chi connectivity index (χ1) is 15.3. The molecule has 2 aromatic carbocycles. The normalized spacial score (nSPS) is 14.3. The number of aromatic amines is 1. The molecule has 0 fully saturated rings. The van der Waals surface area contributed by atoms with Crippen LogP contribution in [0.25, 0.3) is 11.1 Å². The molecular weight excluding hydrogens is 388 g/mol. The van der Waals surface area contributed by atoms with Crippen molar-refractivity contribution in [2.45, 2.75) is 6.54 Å². The van der Waals surface area contributed by atoms with Gasteiger partial charge in [0.2, 0.25) is 0 Å². The Bertz CT molecular complexity index is 1350. The number of hydrogen-bond donors (Lipinski definition) is 2. The molecule has 1 aliphatic rings. The van der Waals surface area contributed by atoms with Crippen molar-refractivity contribution in [2.24, 2.45) is 4.99 Å². The van der Waals surface area contributed by atoms with E-state index in [0.29, 0.717) is 11.5 Å². The summed E-state index contributed by atoms with van der Waals surface area (Å²) in [6.07, 6.45) is 3.54. The third-order valence-corrected chi connectivity index (χ3v) is 5.31. The van der Waals surface area contributed by atoms with E-state index in [0.717, 1.165) is 28.0 Å². The van der Waals surface area contributed by atoms with Gasteiger partial charge in [-0.2, -0.15) is 4.57 Å². The number of fused-ring (bicyclic) bond motifs is 1. The molecule has 0 saturated heterocycles. The number of pyridine rings is 1. The largest absolute Gasteiger partial charge is 0.394 e. The van der Waals surface area contributed by atoms with E-state index >= 15 is 0 Å². The number of aliphatic hydroxyl groups excluding tert-OH is 1. The van der Waals surface area contributed by atoms with E-state index in [1.165, 1.54) is 4.68 Å². The van der Waals surface area contributed by atoms with Crippen molar-refractivity contribution in [3.05, 3.63) is 118 Å². The number of rotatable bonds is 5. The number of aromatic nitrogens is 3. The van der Waals surface area contributed by atoms with E-state index < -0.39 is 0 Å². The minimum atomic E-state index is -0.264. The van der Waals surface area contributed by atoms with E-state index in [-0.39, 0.29) is 18.7 Å². The molecule has 1 aliphatic heterocycles. The summed E-state index contributed by atoms with van der Waals surface area (Å²) in [5.74, 6) is 0.688. The van der Waals surface area contributed by atoms with Crippen molar-refractivity contribution < 1.29 is 9.67 Å². The van der Waals surface area contributed by atoms with Crippen molar-refractivity contribution in [3.63, 3.8) is 0 Å².